The number of rotatable bonds is 2. The second-order valence-electron chi connectivity index (χ2n) is 1.45. The van der Waals surface area contributed by atoms with Gasteiger partial charge in [-0.3, -0.25) is 0 Å². The molecule has 0 saturated carbocycles. The van der Waals surface area contributed by atoms with Crippen molar-refractivity contribution in [3.63, 3.8) is 0 Å². The number of carbonyl (C=O) groups is 1. The SMILES string of the molecule is C=CC(=O)Oc1cscn1. The molecule has 0 spiro atoms. The quantitative estimate of drug-likeness (QED) is 0.476. The summed E-state index contributed by atoms with van der Waals surface area (Å²) >= 11 is 1.37. The fraction of sp³-hybridized carbons (Fsp3) is 0. The molecule has 1 heterocycles. The summed E-state index contributed by atoms with van der Waals surface area (Å²) in [7, 11) is 0. The second-order valence-corrected chi connectivity index (χ2v) is 2.17. The predicted octanol–water partition coefficient (Wildman–Crippen LogP) is 1.23. The molecule has 0 atom stereocenters. The highest BCUT2D eigenvalue weighted by molar-refractivity contribution is 7.07. The van der Waals surface area contributed by atoms with Crippen LogP contribution >= 0.6 is 11.3 Å². The fourth-order valence-electron chi connectivity index (χ4n) is 0.397. The minimum Gasteiger partial charge on any atom is -0.403 e. The molecule has 0 fully saturated rings. The van der Waals surface area contributed by atoms with Gasteiger partial charge in [0, 0.05) is 6.08 Å². The Morgan fingerprint density at radius 2 is 2.70 bits per heavy atom. The monoisotopic (exact) mass is 155 g/mol. The van der Waals surface area contributed by atoms with Crippen molar-refractivity contribution in [2.45, 2.75) is 0 Å². The van der Waals surface area contributed by atoms with E-state index in [-0.39, 0.29) is 0 Å². The molecule has 52 valence electrons. The zero-order chi connectivity index (χ0) is 7.40. The maximum absolute atomic E-state index is 10.5. The maximum Gasteiger partial charge on any atom is 0.336 e. The van der Waals surface area contributed by atoms with E-state index >= 15 is 0 Å². The summed E-state index contributed by atoms with van der Waals surface area (Å²) < 4.78 is 4.65. The normalized spacial score (nSPS) is 8.80. The van der Waals surface area contributed by atoms with E-state index in [2.05, 4.69) is 16.3 Å². The highest BCUT2D eigenvalue weighted by Crippen LogP contribution is 2.09. The van der Waals surface area contributed by atoms with Crippen LogP contribution in [0.3, 0.4) is 0 Å². The summed E-state index contributed by atoms with van der Waals surface area (Å²) in [5, 5.41) is 1.64. The average molecular weight is 155 g/mol. The summed E-state index contributed by atoms with van der Waals surface area (Å²) in [6, 6.07) is 0. The van der Waals surface area contributed by atoms with Gasteiger partial charge in [0.25, 0.3) is 0 Å². The lowest BCUT2D eigenvalue weighted by Crippen LogP contribution is -2.02. The van der Waals surface area contributed by atoms with Gasteiger partial charge < -0.3 is 4.74 Å². The van der Waals surface area contributed by atoms with Crippen molar-refractivity contribution >= 4 is 17.3 Å². The lowest BCUT2D eigenvalue weighted by molar-refractivity contribution is -0.129. The van der Waals surface area contributed by atoms with E-state index in [1.165, 1.54) is 11.3 Å². The minimum atomic E-state index is -0.481. The molecular formula is C6H5NO2S. The summed E-state index contributed by atoms with van der Waals surface area (Å²) in [5.74, 6) is -0.152. The Kier molecular flexibility index (Phi) is 2.17. The van der Waals surface area contributed by atoms with E-state index in [1.54, 1.807) is 10.9 Å². The van der Waals surface area contributed by atoms with Gasteiger partial charge in [-0.1, -0.05) is 6.58 Å². The number of thiazole rings is 1. The van der Waals surface area contributed by atoms with E-state index in [4.69, 9.17) is 0 Å². The molecule has 0 aliphatic heterocycles. The van der Waals surface area contributed by atoms with Crippen molar-refractivity contribution < 1.29 is 9.53 Å². The Morgan fingerprint density at radius 3 is 3.20 bits per heavy atom. The fourth-order valence-corrected chi connectivity index (χ4v) is 0.848. The van der Waals surface area contributed by atoms with Crippen molar-refractivity contribution in [3.8, 4) is 5.88 Å². The molecule has 1 aromatic rings. The highest BCUT2D eigenvalue weighted by atomic mass is 32.1. The van der Waals surface area contributed by atoms with Crippen LogP contribution in [0, 0.1) is 0 Å². The lowest BCUT2D eigenvalue weighted by atomic mass is 10.6. The molecule has 10 heavy (non-hydrogen) atoms. The molecule has 0 aliphatic carbocycles. The van der Waals surface area contributed by atoms with Crippen LogP contribution in [0.15, 0.2) is 23.5 Å². The first-order valence-electron chi connectivity index (χ1n) is 2.55. The van der Waals surface area contributed by atoms with Crippen molar-refractivity contribution in [1.82, 2.24) is 4.98 Å². The summed E-state index contributed by atoms with van der Waals surface area (Å²) in [6.07, 6.45) is 1.10. The second kappa shape index (κ2) is 3.12. The van der Waals surface area contributed by atoms with Gasteiger partial charge in [-0.2, -0.15) is 0 Å². The van der Waals surface area contributed by atoms with Crippen LogP contribution in [0.25, 0.3) is 0 Å². The van der Waals surface area contributed by atoms with E-state index in [9.17, 15) is 4.79 Å². The molecule has 4 heteroatoms. The molecule has 0 N–H and O–H groups in total. The molecule has 0 unspecified atom stereocenters. The standard InChI is InChI=1S/C6H5NO2S/c1-2-6(8)9-5-3-10-4-7-5/h2-4H,1H2. The van der Waals surface area contributed by atoms with E-state index < -0.39 is 5.97 Å². The Morgan fingerprint density at radius 1 is 1.90 bits per heavy atom. The molecule has 3 nitrogen and oxygen atoms in total. The third kappa shape index (κ3) is 1.66. The number of carbonyl (C=O) groups excluding carboxylic acids is 1. The number of aromatic nitrogens is 1. The van der Waals surface area contributed by atoms with Gasteiger partial charge in [0.15, 0.2) is 0 Å². The third-order valence-corrected chi connectivity index (χ3v) is 1.35. The molecule has 1 rings (SSSR count). The van der Waals surface area contributed by atoms with Gasteiger partial charge >= 0.3 is 5.97 Å². The molecular weight excluding hydrogens is 150 g/mol. The van der Waals surface area contributed by atoms with Crippen LogP contribution in [-0.2, 0) is 4.79 Å². The first kappa shape index (κ1) is 6.95. The van der Waals surface area contributed by atoms with Crippen LogP contribution in [0.1, 0.15) is 0 Å². The number of esters is 1. The largest absolute Gasteiger partial charge is 0.403 e. The van der Waals surface area contributed by atoms with Crippen LogP contribution in [0.5, 0.6) is 5.88 Å². The number of ether oxygens (including phenoxy) is 1. The number of hydrogen-bond donors (Lipinski definition) is 0. The third-order valence-electron chi connectivity index (χ3n) is 0.781. The van der Waals surface area contributed by atoms with Gasteiger partial charge in [-0.25, -0.2) is 9.78 Å². The van der Waals surface area contributed by atoms with Gasteiger partial charge in [-0.05, 0) is 0 Å². The summed E-state index contributed by atoms with van der Waals surface area (Å²) in [6.45, 7) is 3.24. The molecule has 0 aliphatic rings. The Bertz CT molecular complexity index is 230. The molecule has 0 aromatic carbocycles. The zero-order valence-corrected chi connectivity index (χ0v) is 5.93. The van der Waals surface area contributed by atoms with E-state index in [0.29, 0.717) is 5.88 Å². The zero-order valence-electron chi connectivity index (χ0n) is 5.11. The first-order valence-corrected chi connectivity index (χ1v) is 3.49. The van der Waals surface area contributed by atoms with Crippen LogP contribution < -0.4 is 4.74 Å². The Labute approximate surface area is 62.0 Å². The van der Waals surface area contributed by atoms with Gasteiger partial charge in [0.05, 0.1) is 10.9 Å². The van der Waals surface area contributed by atoms with E-state index in [0.717, 1.165) is 6.08 Å². The number of hydrogen-bond acceptors (Lipinski definition) is 4. The van der Waals surface area contributed by atoms with Crippen LogP contribution in [0.4, 0.5) is 0 Å². The smallest absolute Gasteiger partial charge is 0.336 e. The van der Waals surface area contributed by atoms with Crippen LogP contribution in [-0.4, -0.2) is 11.0 Å². The van der Waals surface area contributed by atoms with Gasteiger partial charge in [0.2, 0.25) is 5.88 Å². The summed E-state index contributed by atoms with van der Waals surface area (Å²) in [4.78, 5) is 14.2. The first-order chi connectivity index (χ1) is 4.83. The highest BCUT2D eigenvalue weighted by Gasteiger charge is 1.98. The maximum atomic E-state index is 10.5. The molecule has 0 bridgehead atoms. The van der Waals surface area contributed by atoms with Crippen molar-refractivity contribution in [2.24, 2.45) is 0 Å². The molecule has 0 amide bonds. The lowest BCUT2D eigenvalue weighted by Gasteiger charge is -1.91. The molecule has 0 radical (unpaired) electrons. The predicted molar refractivity (Wildman–Crippen MR) is 37.9 cm³/mol. The van der Waals surface area contributed by atoms with Gasteiger partial charge in [0.1, 0.15) is 0 Å². The van der Waals surface area contributed by atoms with Crippen LogP contribution in [0.2, 0.25) is 0 Å². The van der Waals surface area contributed by atoms with Crippen molar-refractivity contribution in [1.29, 1.82) is 0 Å². The Hall–Kier alpha value is -1.16. The van der Waals surface area contributed by atoms with Gasteiger partial charge in [-0.15, -0.1) is 11.3 Å². The molecule has 1 aromatic heterocycles. The molecule has 0 saturated heterocycles. The average Bonchev–Trinajstić information content (AvgIpc) is 2.40. The van der Waals surface area contributed by atoms with Crippen molar-refractivity contribution in [3.05, 3.63) is 23.5 Å². The topological polar surface area (TPSA) is 39.2 Å². The van der Waals surface area contributed by atoms with E-state index in [1.807, 2.05) is 0 Å². The number of nitrogens with zero attached hydrogens (tertiary/aromatic N) is 1. The summed E-state index contributed by atoms with van der Waals surface area (Å²) in [5.41, 5.74) is 1.59. The minimum absolute atomic E-state index is 0.329. The Balaban J connectivity index is 2.56. The van der Waals surface area contributed by atoms with Crippen molar-refractivity contribution in [2.75, 3.05) is 0 Å².